The number of nitrogens with one attached hydrogen (secondary N) is 1. The summed E-state index contributed by atoms with van der Waals surface area (Å²) in [7, 11) is 0. The van der Waals surface area contributed by atoms with Gasteiger partial charge in [-0.2, -0.15) is 0 Å². The van der Waals surface area contributed by atoms with Crippen molar-refractivity contribution in [2.75, 3.05) is 0 Å². The average molecular weight is 178 g/mol. The van der Waals surface area contributed by atoms with Crippen molar-refractivity contribution in [3.63, 3.8) is 0 Å². The maximum absolute atomic E-state index is 8.85. The van der Waals surface area contributed by atoms with Crippen LogP contribution in [0.15, 0.2) is 35.3 Å². The van der Waals surface area contributed by atoms with Crippen molar-refractivity contribution in [2.45, 2.75) is 19.9 Å². The molecule has 0 atom stereocenters. The summed E-state index contributed by atoms with van der Waals surface area (Å²) >= 11 is 0. The highest BCUT2D eigenvalue weighted by Gasteiger charge is 2.00. The van der Waals surface area contributed by atoms with Gasteiger partial charge in [-0.15, -0.1) is 0 Å². The Morgan fingerprint density at radius 3 is 2.38 bits per heavy atom. The fourth-order valence-electron chi connectivity index (χ4n) is 1.02. The normalized spacial score (nSPS) is 11.8. The lowest BCUT2D eigenvalue weighted by Crippen LogP contribution is -2.21. The van der Waals surface area contributed by atoms with Crippen LogP contribution in [0.5, 0.6) is 0 Å². The molecule has 0 heterocycles. The van der Waals surface area contributed by atoms with Gasteiger partial charge < -0.3 is 0 Å². The molecule has 0 spiro atoms. The topological polar surface area (TPSA) is 44.6 Å². The molecular formula is C10H14N2O. The maximum atomic E-state index is 8.85. The van der Waals surface area contributed by atoms with Gasteiger partial charge in [0.2, 0.25) is 0 Å². The Kier molecular flexibility index (Phi) is 3.46. The third kappa shape index (κ3) is 2.87. The van der Waals surface area contributed by atoms with Gasteiger partial charge in [-0.05, 0) is 13.8 Å². The molecule has 1 aromatic rings. The van der Waals surface area contributed by atoms with Gasteiger partial charge in [-0.3, -0.25) is 15.7 Å². The Morgan fingerprint density at radius 2 is 1.92 bits per heavy atom. The van der Waals surface area contributed by atoms with Crippen molar-refractivity contribution in [1.82, 2.24) is 5.48 Å². The first-order valence-electron chi connectivity index (χ1n) is 4.27. The highest BCUT2D eigenvalue weighted by molar-refractivity contribution is 5.97. The van der Waals surface area contributed by atoms with Crippen LogP contribution >= 0.6 is 0 Å². The summed E-state index contributed by atoms with van der Waals surface area (Å²) in [4.78, 5) is 4.22. The zero-order valence-electron chi connectivity index (χ0n) is 7.86. The van der Waals surface area contributed by atoms with Crippen molar-refractivity contribution in [3.8, 4) is 0 Å². The van der Waals surface area contributed by atoms with E-state index in [4.69, 9.17) is 5.21 Å². The zero-order chi connectivity index (χ0) is 9.68. The van der Waals surface area contributed by atoms with Crippen molar-refractivity contribution < 1.29 is 5.21 Å². The molecule has 1 aromatic carbocycles. The Morgan fingerprint density at radius 1 is 1.31 bits per heavy atom. The first-order chi connectivity index (χ1) is 6.24. The van der Waals surface area contributed by atoms with Crippen LogP contribution in [0.4, 0.5) is 0 Å². The van der Waals surface area contributed by atoms with Crippen molar-refractivity contribution >= 4 is 5.84 Å². The number of aliphatic imine (C=N–C) groups is 1. The van der Waals surface area contributed by atoms with Gasteiger partial charge in [0, 0.05) is 11.6 Å². The van der Waals surface area contributed by atoms with E-state index < -0.39 is 0 Å². The highest BCUT2D eigenvalue weighted by atomic mass is 16.5. The monoisotopic (exact) mass is 178 g/mol. The Labute approximate surface area is 78.1 Å². The number of amidine groups is 1. The Bertz CT molecular complexity index is 280. The smallest absolute Gasteiger partial charge is 0.152 e. The second-order valence-corrected chi connectivity index (χ2v) is 3.05. The summed E-state index contributed by atoms with van der Waals surface area (Å²) in [5, 5.41) is 8.85. The summed E-state index contributed by atoms with van der Waals surface area (Å²) in [6.07, 6.45) is 0. The lowest BCUT2D eigenvalue weighted by atomic mass is 10.2. The third-order valence-corrected chi connectivity index (χ3v) is 1.54. The molecule has 0 bridgehead atoms. The van der Waals surface area contributed by atoms with Crippen molar-refractivity contribution in [1.29, 1.82) is 0 Å². The number of hydrogen-bond acceptors (Lipinski definition) is 2. The van der Waals surface area contributed by atoms with Crippen LogP contribution in [0.2, 0.25) is 0 Å². The summed E-state index contributed by atoms with van der Waals surface area (Å²) < 4.78 is 0. The summed E-state index contributed by atoms with van der Waals surface area (Å²) in [6.45, 7) is 3.92. The predicted octanol–water partition coefficient (Wildman–Crippen LogP) is 1.82. The van der Waals surface area contributed by atoms with Crippen LogP contribution in [0.25, 0.3) is 0 Å². The second kappa shape index (κ2) is 4.62. The molecule has 3 nitrogen and oxygen atoms in total. The van der Waals surface area contributed by atoms with Gasteiger partial charge in [0.25, 0.3) is 0 Å². The minimum atomic E-state index is 0.162. The van der Waals surface area contributed by atoms with E-state index in [2.05, 4.69) is 10.5 Å². The van der Waals surface area contributed by atoms with Crippen LogP contribution in [0, 0.1) is 0 Å². The van der Waals surface area contributed by atoms with Crippen LogP contribution < -0.4 is 5.48 Å². The van der Waals surface area contributed by atoms with E-state index in [1.807, 2.05) is 44.2 Å². The van der Waals surface area contributed by atoms with Gasteiger partial charge in [0.05, 0.1) is 0 Å². The molecule has 0 aliphatic heterocycles. The van der Waals surface area contributed by atoms with Crippen LogP contribution in [0.3, 0.4) is 0 Å². The molecule has 0 aliphatic rings. The fourth-order valence-corrected chi connectivity index (χ4v) is 1.02. The van der Waals surface area contributed by atoms with Gasteiger partial charge in [-0.1, -0.05) is 30.3 Å². The van der Waals surface area contributed by atoms with E-state index in [1.165, 1.54) is 0 Å². The molecule has 0 saturated heterocycles. The molecule has 0 aliphatic carbocycles. The molecule has 0 aromatic heterocycles. The molecule has 2 N–H and O–H groups in total. The number of hydrogen-bond donors (Lipinski definition) is 2. The molecule has 0 saturated carbocycles. The summed E-state index contributed by atoms with van der Waals surface area (Å²) in [5.41, 5.74) is 2.99. The summed E-state index contributed by atoms with van der Waals surface area (Å²) in [6, 6.07) is 9.68. The predicted molar refractivity (Wildman–Crippen MR) is 53.0 cm³/mol. The van der Waals surface area contributed by atoms with Crippen molar-refractivity contribution in [3.05, 3.63) is 35.9 Å². The lowest BCUT2D eigenvalue weighted by molar-refractivity contribution is 0.234. The van der Waals surface area contributed by atoms with Gasteiger partial charge in [0.15, 0.2) is 5.84 Å². The molecule has 13 heavy (non-hydrogen) atoms. The van der Waals surface area contributed by atoms with E-state index in [0.717, 1.165) is 5.56 Å². The van der Waals surface area contributed by atoms with Crippen LogP contribution in [-0.2, 0) is 0 Å². The zero-order valence-corrected chi connectivity index (χ0v) is 7.86. The van der Waals surface area contributed by atoms with E-state index in [9.17, 15) is 0 Å². The van der Waals surface area contributed by atoms with Gasteiger partial charge in [-0.25, -0.2) is 0 Å². The minimum absolute atomic E-state index is 0.162. The molecule has 0 radical (unpaired) electrons. The maximum Gasteiger partial charge on any atom is 0.152 e. The van der Waals surface area contributed by atoms with Crippen LogP contribution in [-0.4, -0.2) is 17.1 Å². The molecule has 1 rings (SSSR count). The van der Waals surface area contributed by atoms with Gasteiger partial charge >= 0.3 is 0 Å². The molecule has 0 unspecified atom stereocenters. The van der Waals surface area contributed by atoms with Gasteiger partial charge in [0.1, 0.15) is 0 Å². The Balaban J connectivity index is 2.91. The molecular weight excluding hydrogens is 164 g/mol. The number of benzene rings is 1. The fraction of sp³-hybridized carbons (Fsp3) is 0.300. The standard InChI is InChI=1S/C10H14N2O/c1-8(2)11-10(12-13)9-6-4-3-5-7-9/h3-8,13H,1-2H3,(H,11,12). The first-order valence-corrected chi connectivity index (χ1v) is 4.27. The second-order valence-electron chi connectivity index (χ2n) is 3.05. The molecule has 3 heteroatoms. The highest BCUT2D eigenvalue weighted by Crippen LogP contribution is 2.00. The summed E-state index contributed by atoms with van der Waals surface area (Å²) in [5.74, 6) is 0.510. The van der Waals surface area contributed by atoms with E-state index in [1.54, 1.807) is 0 Å². The van der Waals surface area contributed by atoms with E-state index in [-0.39, 0.29) is 6.04 Å². The molecule has 0 fully saturated rings. The SMILES string of the molecule is CC(C)N=C(NO)c1ccccc1. The largest absolute Gasteiger partial charge is 0.290 e. The van der Waals surface area contributed by atoms with E-state index in [0.29, 0.717) is 5.84 Å². The number of hydroxylamine groups is 1. The number of rotatable bonds is 2. The minimum Gasteiger partial charge on any atom is -0.290 e. The Hall–Kier alpha value is -1.35. The number of nitrogens with zero attached hydrogens (tertiary/aromatic N) is 1. The van der Waals surface area contributed by atoms with E-state index >= 15 is 0 Å². The molecule has 0 amide bonds. The first kappa shape index (κ1) is 9.74. The molecule has 70 valence electrons. The van der Waals surface area contributed by atoms with Crippen LogP contribution in [0.1, 0.15) is 19.4 Å². The van der Waals surface area contributed by atoms with Crippen molar-refractivity contribution in [2.24, 2.45) is 4.99 Å². The lowest BCUT2D eigenvalue weighted by Gasteiger charge is -2.06. The quantitative estimate of drug-likeness (QED) is 0.412. The third-order valence-electron chi connectivity index (χ3n) is 1.54. The average Bonchev–Trinajstić information content (AvgIpc) is 2.15.